The molecule has 126 valence electrons. The Hall–Kier alpha value is -2.05. The van der Waals surface area contributed by atoms with Gasteiger partial charge >= 0.3 is 5.97 Å². The highest BCUT2D eigenvalue weighted by Crippen LogP contribution is 2.24. The lowest BCUT2D eigenvalue weighted by Crippen LogP contribution is -2.30. The Morgan fingerprint density at radius 1 is 1.21 bits per heavy atom. The maximum absolute atomic E-state index is 12.8. The van der Waals surface area contributed by atoms with Gasteiger partial charge in [-0.25, -0.2) is 9.18 Å². The molecular formula is C17H15ClFNO3S. The summed E-state index contributed by atoms with van der Waals surface area (Å²) in [6.07, 6.45) is 0.841. The number of hydrogen-bond acceptors (Lipinski definition) is 4. The normalized spacial score (nSPS) is 11.7. The molecule has 2 rings (SSSR count). The van der Waals surface area contributed by atoms with E-state index < -0.39 is 23.8 Å². The van der Waals surface area contributed by atoms with Gasteiger partial charge in [-0.15, -0.1) is 11.8 Å². The second-order valence-corrected chi connectivity index (χ2v) is 6.18. The van der Waals surface area contributed by atoms with E-state index >= 15 is 0 Å². The summed E-state index contributed by atoms with van der Waals surface area (Å²) in [5, 5.41) is 2.80. The number of esters is 1. The smallest absolute Gasteiger partial charge is 0.340 e. The largest absolute Gasteiger partial charge is 0.449 e. The fourth-order valence-electron chi connectivity index (χ4n) is 1.84. The molecule has 0 saturated carbocycles. The zero-order valence-corrected chi connectivity index (χ0v) is 14.6. The number of anilines is 1. The number of rotatable bonds is 5. The van der Waals surface area contributed by atoms with Crippen LogP contribution in [0.1, 0.15) is 17.3 Å². The van der Waals surface area contributed by atoms with Crippen LogP contribution in [0.25, 0.3) is 0 Å². The van der Waals surface area contributed by atoms with Crippen molar-refractivity contribution in [3.63, 3.8) is 0 Å². The zero-order chi connectivity index (χ0) is 17.7. The number of amides is 1. The minimum absolute atomic E-state index is 0.199. The SMILES string of the molecule is CSc1ccc(Cl)c(C(=O)O[C@@H](C)C(=O)Nc2ccc(F)cc2)c1. The molecule has 0 spiro atoms. The van der Waals surface area contributed by atoms with Crippen LogP contribution in [0, 0.1) is 5.82 Å². The molecule has 2 aromatic rings. The highest BCUT2D eigenvalue weighted by Gasteiger charge is 2.21. The third kappa shape index (κ3) is 4.72. The Bertz CT molecular complexity index is 752. The topological polar surface area (TPSA) is 55.4 Å². The molecule has 0 aliphatic heterocycles. The number of halogens is 2. The zero-order valence-electron chi connectivity index (χ0n) is 13.0. The third-order valence-electron chi connectivity index (χ3n) is 3.16. The Morgan fingerprint density at radius 2 is 1.88 bits per heavy atom. The van der Waals surface area contributed by atoms with Crippen molar-refractivity contribution in [1.29, 1.82) is 0 Å². The van der Waals surface area contributed by atoms with Crippen LogP contribution in [-0.4, -0.2) is 24.2 Å². The average molecular weight is 368 g/mol. The van der Waals surface area contributed by atoms with E-state index in [9.17, 15) is 14.0 Å². The first-order valence-corrected chi connectivity index (χ1v) is 8.62. The van der Waals surface area contributed by atoms with Crippen LogP contribution in [-0.2, 0) is 9.53 Å². The molecule has 0 aromatic heterocycles. The van der Waals surface area contributed by atoms with Crippen molar-refractivity contribution in [2.45, 2.75) is 17.9 Å². The minimum Gasteiger partial charge on any atom is -0.449 e. The molecule has 0 fully saturated rings. The first-order valence-electron chi connectivity index (χ1n) is 7.01. The molecule has 0 aliphatic carbocycles. The fourth-order valence-corrected chi connectivity index (χ4v) is 2.48. The van der Waals surface area contributed by atoms with E-state index in [1.165, 1.54) is 43.0 Å². The van der Waals surface area contributed by atoms with Gasteiger partial charge in [0.1, 0.15) is 5.82 Å². The number of carbonyl (C=O) groups is 2. The molecule has 1 amide bonds. The van der Waals surface area contributed by atoms with Crippen molar-refractivity contribution < 1.29 is 18.7 Å². The van der Waals surface area contributed by atoms with Gasteiger partial charge < -0.3 is 10.1 Å². The number of nitrogens with one attached hydrogen (secondary N) is 1. The lowest BCUT2D eigenvalue weighted by atomic mass is 10.2. The summed E-state index contributed by atoms with van der Waals surface area (Å²) in [4.78, 5) is 25.1. The standard InChI is InChI=1S/C17H15ClFNO3S/c1-10(16(21)20-12-5-3-11(19)4-6-12)23-17(22)14-9-13(24-2)7-8-15(14)18/h3-10H,1-2H3,(H,20,21)/t10-/m0/s1. The summed E-state index contributed by atoms with van der Waals surface area (Å²) in [5.74, 6) is -1.61. The third-order valence-corrected chi connectivity index (χ3v) is 4.21. The van der Waals surface area contributed by atoms with Crippen LogP contribution in [0.15, 0.2) is 47.4 Å². The molecule has 0 bridgehead atoms. The van der Waals surface area contributed by atoms with Gasteiger partial charge in [-0.1, -0.05) is 11.6 Å². The monoisotopic (exact) mass is 367 g/mol. The molecule has 7 heteroatoms. The summed E-state index contributed by atoms with van der Waals surface area (Å²) >= 11 is 7.47. The van der Waals surface area contributed by atoms with Gasteiger partial charge in [-0.05, 0) is 55.6 Å². The van der Waals surface area contributed by atoms with Crippen LogP contribution in [0.2, 0.25) is 5.02 Å². The predicted octanol–water partition coefficient (Wildman–Crippen LogP) is 4.39. The number of benzene rings is 2. The Labute approximate surface area is 148 Å². The lowest BCUT2D eigenvalue weighted by molar-refractivity contribution is -0.123. The van der Waals surface area contributed by atoms with E-state index in [1.807, 2.05) is 6.26 Å². The molecule has 0 unspecified atom stereocenters. The minimum atomic E-state index is -1.03. The first kappa shape index (κ1) is 18.3. The summed E-state index contributed by atoms with van der Waals surface area (Å²) in [6.45, 7) is 1.45. The van der Waals surface area contributed by atoms with Crippen LogP contribution < -0.4 is 5.32 Å². The van der Waals surface area contributed by atoms with Gasteiger partial charge in [0.25, 0.3) is 5.91 Å². The van der Waals surface area contributed by atoms with Crippen LogP contribution >= 0.6 is 23.4 Å². The second kappa shape index (κ2) is 8.17. The summed E-state index contributed by atoms with van der Waals surface area (Å²) in [7, 11) is 0. The van der Waals surface area contributed by atoms with E-state index in [2.05, 4.69) is 5.32 Å². The molecule has 2 aromatic carbocycles. The Balaban J connectivity index is 2.02. The van der Waals surface area contributed by atoms with Crippen LogP contribution in [0.3, 0.4) is 0 Å². The fraction of sp³-hybridized carbons (Fsp3) is 0.176. The molecule has 0 heterocycles. The van der Waals surface area contributed by atoms with Gasteiger partial charge in [0.15, 0.2) is 6.10 Å². The van der Waals surface area contributed by atoms with Gasteiger partial charge in [0.05, 0.1) is 10.6 Å². The van der Waals surface area contributed by atoms with Crippen molar-refractivity contribution in [2.24, 2.45) is 0 Å². The van der Waals surface area contributed by atoms with E-state index in [0.29, 0.717) is 5.69 Å². The Morgan fingerprint density at radius 3 is 2.50 bits per heavy atom. The first-order chi connectivity index (χ1) is 11.4. The predicted molar refractivity (Wildman–Crippen MR) is 93.1 cm³/mol. The van der Waals surface area contributed by atoms with Crippen molar-refractivity contribution in [3.05, 3.63) is 58.9 Å². The van der Waals surface area contributed by atoms with E-state index in [1.54, 1.807) is 18.2 Å². The summed E-state index contributed by atoms with van der Waals surface area (Å²) < 4.78 is 18.0. The van der Waals surface area contributed by atoms with Gasteiger partial charge in [0.2, 0.25) is 0 Å². The van der Waals surface area contributed by atoms with Gasteiger partial charge in [-0.2, -0.15) is 0 Å². The highest BCUT2D eigenvalue weighted by molar-refractivity contribution is 7.98. The quantitative estimate of drug-likeness (QED) is 0.629. The van der Waals surface area contributed by atoms with Crippen molar-refractivity contribution in [3.8, 4) is 0 Å². The number of hydrogen-bond donors (Lipinski definition) is 1. The highest BCUT2D eigenvalue weighted by atomic mass is 35.5. The number of carbonyl (C=O) groups excluding carboxylic acids is 2. The summed E-state index contributed by atoms with van der Waals surface area (Å²) in [6, 6.07) is 10.3. The molecular weight excluding hydrogens is 353 g/mol. The van der Waals surface area contributed by atoms with Crippen LogP contribution in [0.4, 0.5) is 10.1 Å². The molecule has 1 N–H and O–H groups in total. The number of ether oxygens (including phenoxy) is 1. The van der Waals surface area contributed by atoms with Gasteiger partial charge in [0, 0.05) is 10.6 Å². The van der Waals surface area contributed by atoms with Crippen LogP contribution in [0.5, 0.6) is 0 Å². The molecule has 0 aliphatic rings. The molecule has 4 nitrogen and oxygen atoms in total. The van der Waals surface area contributed by atoms with Crippen molar-refractivity contribution >= 4 is 40.9 Å². The van der Waals surface area contributed by atoms with Crippen molar-refractivity contribution in [1.82, 2.24) is 0 Å². The van der Waals surface area contributed by atoms with E-state index in [0.717, 1.165) is 4.90 Å². The Kier molecular flexibility index (Phi) is 6.23. The molecule has 0 radical (unpaired) electrons. The number of thioether (sulfide) groups is 1. The van der Waals surface area contributed by atoms with E-state index in [-0.39, 0.29) is 10.6 Å². The molecule has 0 saturated heterocycles. The maximum Gasteiger partial charge on any atom is 0.340 e. The maximum atomic E-state index is 12.8. The lowest BCUT2D eigenvalue weighted by Gasteiger charge is -2.14. The summed E-state index contributed by atoms with van der Waals surface area (Å²) in [5.41, 5.74) is 0.608. The van der Waals surface area contributed by atoms with Gasteiger partial charge in [-0.3, -0.25) is 4.79 Å². The van der Waals surface area contributed by atoms with Crippen molar-refractivity contribution in [2.75, 3.05) is 11.6 Å². The molecule has 1 atom stereocenters. The second-order valence-electron chi connectivity index (χ2n) is 4.89. The average Bonchev–Trinajstić information content (AvgIpc) is 2.57. The van der Waals surface area contributed by atoms with E-state index in [4.69, 9.17) is 16.3 Å². The molecule has 24 heavy (non-hydrogen) atoms.